The topological polar surface area (TPSA) is 0 Å². The zero-order valence-corrected chi connectivity index (χ0v) is 4.99. The zero-order chi connectivity index (χ0) is 4.99. The van der Waals surface area contributed by atoms with E-state index in [-0.39, 0.29) is 0 Å². The van der Waals surface area contributed by atoms with Crippen LogP contribution in [0.1, 0.15) is 26.7 Å². The van der Waals surface area contributed by atoms with Gasteiger partial charge in [-0.05, 0) is 0 Å². The van der Waals surface area contributed by atoms with Crippen molar-refractivity contribution < 1.29 is 0 Å². The standard InChI is InChI=1S/C5H11.Li/c1-3-5-4-2;/h3H,4-5H2,1-2H3;. The summed E-state index contributed by atoms with van der Waals surface area (Å²) in [5.74, 6) is 0. The zero-order valence-electron chi connectivity index (χ0n) is 4.99. The summed E-state index contributed by atoms with van der Waals surface area (Å²) in [6.07, 6.45) is 2.71. The molecular formula is C5H11Li. The Balaban J connectivity index is 2.63. The van der Waals surface area contributed by atoms with Gasteiger partial charge in [-0.2, -0.15) is 0 Å². The molecular weight excluding hydrogens is 67.0 g/mol. The van der Waals surface area contributed by atoms with Crippen LogP contribution >= 0.6 is 0 Å². The van der Waals surface area contributed by atoms with Gasteiger partial charge in [-0.15, -0.1) is 0 Å². The predicted molar refractivity (Wildman–Crippen MR) is 30.1 cm³/mol. The second-order valence-electron chi connectivity index (χ2n) is 2.18. The molecule has 0 aromatic rings. The minimum absolute atomic E-state index is 0.898. The van der Waals surface area contributed by atoms with Gasteiger partial charge in [0.15, 0.2) is 0 Å². The van der Waals surface area contributed by atoms with E-state index in [9.17, 15) is 0 Å². The van der Waals surface area contributed by atoms with Gasteiger partial charge in [-0.1, -0.05) is 0 Å². The molecule has 0 N–H and O–H groups in total. The molecule has 0 nitrogen and oxygen atoms in total. The molecule has 0 fully saturated rings. The second kappa shape index (κ2) is 3.78. The third-order valence-corrected chi connectivity index (χ3v) is 0.866. The molecule has 0 saturated heterocycles. The second-order valence-corrected chi connectivity index (χ2v) is 2.18. The molecule has 1 unspecified atom stereocenters. The van der Waals surface area contributed by atoms with E-state index in [0.717, 1.165) is 4.59 Å². The normalized spacial score (nSPS) is 14.7. The summed E-state index contributed by atoms with van der Waals surface area (Å²) in [5.41, 5.74) is 0. The molecule has 0 saturated carbocycles. The fourth-order valence-corrected chi connectivity index (χ4v) is 0.577. The average molecular weight is 78.1 g/mol. The van der Waals surface area contributed by atoms with E-state index in [0.29, 0.717) is 0 Å². The first-order valence-electron chi connectivity index (χ1n) is 2.77. The van der Waals surface area contributed by atoms with Gasteiger partial charge >= 0.3 is 49.0 Å². The van der Waals surface area contributed by atoms with Crippen LogP contribution in [0.4, 0.5) is 0 Å². The fraction of sp³-hybridized carbons (Fsp3) is 1.00. The Morgan fingerprint density at radius 2 is 2.17 bits per heavy atom. The van der Waals surface area contributed by atoms with Gasteiger partial charge in [0.1, 0.15) is 0 Å². The van der Waals surface area contributed by atoms with Gasteiger partial charge in [0.2, 0.25) is 0 Å². The predicted octanol–water partition coefficient (Wildman–Crippen LogP) is 1.76. The maximum atomic E-state index is 2.25. The SMILES string of the molecule is [Li][CH](C)CCC. The molecule has 32 valence electrons. The Morgan fingerprint density at radius 3 is 2.17 bits per heavy atom. The van der Waals surface area contributed by atoms with Crippen molar-refractivity contribution in [3.05, 3.63) is 0 Å². The van der Waals surface area contributed by atoms with E-state index in [1.807, 2.05) is 0 Å². The van der Waals surface area contributed by atoms with E-state index in [1.54, 1.807) is 0 Å². The average Bonchev–Trinajstić information content (AvgIpc) is 1.35. The first-order chi connectivity index (χ1) is 2.77. The van der Waals surface area contributed by atoms with E-state index >= 15 is 0 Å². The Hall–Kier alpha value is 0.597. The minimum atomic E-state index is 0.898. The van der Waals surface area contributed by atoms with Gasteiger partial charge < -0.3 is 0 Å². The molecule has 0 bridgehead atoms. The molecule has 0 aromatic carbocycles. The van der Waals surface area contributed by atoms with E-state index < -0.39 is 0 Å². The summed E-state index contributed by atoms with van der Waals surface area (Å²) in [5, 5.41) is 0. The van der Waals surface area contributed by atoms with Gasteiger partial charge in [0, 0.05) is 0 Å². The van der Waals surface area contributed by atoms with Gasteiger partial charge in [0.25, 0.3) is 0 Å². The van der Waals surface area contributed by atoms with Crippen molar-refractivity contribution in [2.24, 2.45) is 0 Å². The van der Waals surface area contributed by atoms with Crippen LogP contribution in [-0.2, 0) is 0 Å². The van der Waals surface area contributed by atoms with Crippen molar-refractivity contribution in [3.63, 3.8) is 0 Å². The number of hydrogen-bond donors (Lipinski definition) is 0. The Morgan fingerprint density at radius 1 is 1.67 bits per heavy atom. The first-order valence-corrected chi connectivity index (χ1v) is 2.77. The van der Waals surface area contributed by atoms with E-state index in [1.165, 1.54) is 12.8 Å². The van der Waals surface area contributed by atoms with Crippen LogP contribution in [0.15, 0.2) is 0 Å². The molecule has 0 aliphatic heterocycles. The molecule has 6 heavy (non-hydrogen) atoms. The van der Waals surface area contributed by atoms with Gasteiger partial charge in [-0.25, -0.2) is 0 Å². The Labute approximate surface area is 49.5 Å². The summed E-state index contributed by atoms with van der Waals surface area (Å²) in [4.78, 5) is 0. The van der Waals surface area contributed by atoms with Crippen molar-refractivity contribution in [3.8, 4) is 0 Å². The summed E-state index contributed by atoms with van der Waals surface area (Å²) >= 11 is 2.25. The molecule has 1 heteroatoms. The molecule has 0 spiro atoms. The van der Waals surface area contributed by atoms with Crippen molar-refractivity contribution in [2.75, 3.05) is 0 Å². The maximum absolute atomic E-state index is 2.25. The van der Waals surface area contributed by atoms with Crippen LogP contribution in [0, 0.1) is 0 Å². The summed E-state index contributed by atoms with van der Waals surface area (Å²) in [6.45, 7) is 4.48. The van der Waals surface area contributed by atoms with Crippen LogP contribution in [-0.4, -0.2) is 17.7 Å². The molecule has 0 aromatic heterocycles. The van der Waals surface area contributed by atoms with Crippen LogP contribution < -0.4 is 0 Å². The van der Waals surface area contributed by atoms with Gasteiger partial charge in [0.05, 0.1) is 0 Å². The Kier molecular flexibility index (Phi) is 4.15. The monoisotopic (exact) mass is 78.1 g/mol. The molecule has 0 aliphatic rings. The first kappa shape index (κ1) is 6.60. The number of rotatable bonds is 2. The molecule has 0 rings (SSSR count). The van der Waals surface area contributed by atoms with Crippen LogP contribution in [0.25, 0.3) is 0 Å². The van der Waals surface area contributed by atoms with Crippen molar-refractivity contribution in [1.29, 1.82) is 0 Å². The Bertz CT molecular complexity index is 25.1. The fourth-order valence-electron chi connectivity index (χ4n) is 0.577. The van der Waals surface area contributed by atoms with Crippen molar-refractivity contribution in [2.45, 2.75) is 31.3 Å². The quantitative estimate of drug-likeness (QED) is 0.441. The molecule has 0 radical (unpaired) electrons. The third kappa shape index (κ3) is 4.60. The van der Waals surface area contributed by atoms with Crippen LogP contribution in [0.2, 0.25) is 4.59 Å². The van der Waals surface area contributed by atoms with E-state index in [4.69, 9.17) is 0 Å². The van der Waals surface area contributed by atoms with Crippen LogP contribution in [0.5, 0.6) is 0 Å². The van der Waals surface area contributed by atoms with Gasteiger partial charge in [-0.3, -0.25) is 0 Å². The molecule has 0 amide bonds. The number of hydrogen-bond acceptors (Lipinski definition) is 0. The molecule has 1 atom stereocenters. The molecule has 0 aliphatic carbocycles. The van der Waals surface area contributed by atoms with E-state index in [2.05, 4.69) is 31.6 Å². The third-order valence-electron chi connectivity index (χ3n) is 0.866. The summed E-state index contributed by atoms with van der Waals surface area (Å²) in [7, 11) is 0. The van der Waals surface area contributed by atoms with Crippen LogP contribution in [0.3, 0.4) is 0 Å². The summed E-state index contributed by atoms with van der Waals surface area (Å²) < 4.78 is 0.898. The summed E-state index contributed by atoms with van der Waals surface area (Å²) in [6, 6.07) is 0. The van der Waals surface area contributed by atoms with Crippen molar-refractivity contribution >= 4 is 17.7 Å². The molecule has 0 heterocycles. The van der Waals surface area contributed by atoms with Crippen molar-refractivity contribution in [1.82, 2.24) is 0 Å².